The van der Waals surface area contributed by atoms with Crippen molar-refractivity contribution in [2.75, 3.05) is 6.16 Å². The third kappa shape index (κ3) is 4.48. The quantitative estimate of drug-likeness (QED) is 0.582. The summed E-state index contributed by atoms with van der Waals surface area (Å²) in [6, 6.07) is 10.4. The van der Waals surface area contributed by atoms with Crippen molar-refractivity contribution in [1.29, 1.82) is 0 Å². The second kappa shape index (κ2) is 6.63. The first-order valence-corrected chi connectivity index (χ1v) is 6.51. The summed E-state index contributed by atoms with van der Waals surface area (Å²) in [4.78, 5) is 11.2. The SMILES string of the molecule is BNC(=O)C(C)PCCc1ccccc1. The number of carbonyl (C=O) groups excluding carboxylic acids is 1. The zero-order chi connectivity index (χ0) is 11.1. The van der Waals surface area contributed by atoms with Crippen LogP contribution in [0.25, 0.3) is 0 Å². The van der Waals surface area contributed by atoms with Gasteiger partial charge in [0.2, 0.25) is 13.9 Å². The topological polar surface area (TPSA) is 29.1 Å². The zero-order valence-corrected chi connectivity index (χ0v) is 10.3. The molecule has 80 valence electrons. The molecule has 0 saturated heterocycles. The van der Waals surface area contributed by atoms with Crippen LogP contribution in [0, 0.1) is 0 Å². The van der Waals surface area contributed by atoms with E-state index in [-0.39, 0.29) is 11.6 Å². The highest BCUT2D eigenvalue weighted by Crippen LogP contribution is 2.20. The van der Waals surface area contributed by atoms with E-state index in [0.717, 1.165) is 12.6 Å². The van der Waals surface area contributed by atoms with Gasteiger partial charge in [-0.15, -0.1) is 8.58 Å². The Labute approximate surface area is 94.1 Å². The van der Waals surface area contributed by atoms with E-state index in [4.69, 9.17) is 0 Å². The summed E-state index contributed by atoms with van der Waals surface area (Å²) >= 11 is 0. The lowest BCUT2D eigenvalue weighted by Gasteiger charge is -2.09. The second-order valence-electron chi connectivity index (χ2n) is 3.53. The minimum Gasteiger partial charge on any atom is -0.406 e. The Morgan fingerprint density at radius 1 is 1.47 bits per heavy atom. The maximum atomic E-state index is 11.2. The maximum Gasteiger partial charge on any atom is 0.217 e. The smallest absolute Gasteiger partial charge is 0.217 e. The lowest BCUT2D eigenvalue weighted by atomic mass is 10.2. The number of benzene rings is 1. The zero-order valence-electron chi connectivity index (χ0n) is 9.29. The molecule has 0 aliphatic heterocycles. The molecule has 0 heterocycles. The number of carbonyl (C=O) groups is 1. The fraction of sp³-hybridized carbons (Fsp3) is 0.364. The molecule has 0 aromatic heterocycles. The van der Waals surface area contributed by atoms with Crippen LogP contribution in [0.2, 0.25) is 0 Å². The Bertz CT molecular complexity index is 305. The summed E-state index contributed by atoms with van der Waals surface area (Å²) in [6.07, 6.45) is 2.17. The highest BCUT2D eigenvalue weighted by Gasteiger charge is 2.09. The molecule has 0 fully saturated rings. The second-order valence-corrected chi connectivity index (χ2v) is 5.30. The van der Waals surface area contributed by atoms with Crippen LogP contribution in [0.4, 0.5) is 0 Å². The van der Waals surface area contributed by atoms with E-state index in [9.17, 15) is 4.79 Å². The van der Waals surface area contributed by atoms with Crippen LogP contribution in [0.15, 0.2) is 30.3 Å². The summed E-state index contributed by atoms with van der Waals surface area (Å²) in [5.74, 6) is 0.154. The summed E-state index contributed by atoms with van der Waals surface area (Å²) < 4.78 is 0. The summed E-state index contributed by atoms with van der Waals surface area (Å²) in [6.45, 7) is 1.99. The normalized spacial score (nSPS) is 12.9. The predicted octanol–water partition coefficient (Wildman–Crippen LogP) is 0.960. The van der Waals surface area contributed by atoms with Gasteiger partial charge in [-0.3, -0.25) is 4.79 Å². The molecule has 1 aromatic carbocycles. The van der Waals surface area contributed by atoms with Gasteiger partial charge in [0.25, 0.3) is 0 Å². The average molecular weight is 221 g/mol. The Hall–Kier alpha value is -0.815. The molecular formula is C11H17BNOP. The highest BCUT2D eigenvalue weighted by molar-refractivity contribution is 7.40. The Balaban J connectivity index is 2.25. The number of hydrogen-bond donors (Lipinski definition) is 1. The summed E-state index contributed by atoms with van der Waals surface area (Å²) in [5, 5.41) is 2.68. The lowest BCUT2D eigenvalue weighted by molar-refractivity contribution is -0.118. The predicted molar refractivity (Wildman–Crippen MR) is 69.5 cm³/mol. The molecule has 0 bridgehead atoms. The van der Waals surface area contributed by atoms with Crippen molar-refractivity contribution in [3.8, 4) is 0 Å². The molecule has 1 N–H and O–H groups in total. The van der Waals surface area contributed by atoms with E-state index in [1.54, 1.807) is 7.98 Å². The molecule has 1 rings (SSSR count). The van der Waals surface area contributed by atoms with Crippen molar-refractivity contribution in [1.82, 2.24) is 5.23 Å². The first-order chi connectivity index (χ1) is 7.24. The van der Waals surface area contributed by atoms with E-state index >= 15 is 0 Å². The number of amides is 1. The number of rotatable bonds is 5. The average Bonchev–Trinajstić information content (AvgIpc) is 2.29. The first kappa shape index (κ1) is 12.3. The van der Waals surface area contributed by atoms with Crippen molar-refractivity contribution in [2.45, 2.75) is 19.0 Å². The van der Waals surface area contributed by atoms with Crippen LogP contribution in [-0.4, -0.2) is 25.7 Å². The minimum atomic E-state index is 0.152. The van der Waals surface area contributed by atoms with Crippen molar-refractivity contribution in [3.63, 3.8) is 0 Å². The molecule has 0 saturated carbocycles. The Morgan fingerprint density at radius 3 is 2.73 bits per heavy atom. The van der Waals surface area contributed by atoms with Gasteiger partial charge in [0.05, 0.1) is 5.66 Å². The highest BCUT2D eigenvalue weighted by atomic mass is 31.1. The number of aryl methyl sites for hydroxylation is 1. The summed E-state index contributed by atoms with van der Waals surface area (Å²) in [7, 11) is 2.40. The molecular weight excluding hydrogens is 204 g/mol. The van der Waals surface area contributed by atoms with E-state index in [0.29, 0.717) is 8.58 Å². The van der Waals surface area contributed by atoms with Crippen LogP contribution in [0.3, 0.4) is 0 Å². The van der Waals surface area contributed by atoms with Crippen molar-refractivity contribution in [2.24, 2.45) is 0 Å². The van der Waals surface area contributed by atoms with E-state index in [1.807, 2.05) is 13.0 Å². The molecule has 2 nitrogen and oxygen atoms in total. The van der Waals surface area contributed by atoms with E-state index in [1.165, 1.54) is 5.56 Å². The fourth-order valence-electron chi connectivity index (χ4n) is 1.39. The molecule has 0 radical (unpaired) electrons. The van der Waals surface area contributed by atoms with Crippen LogP contribution >= 0.6 is 8.58 Å². The molecule has 1 amide bonds. The molecule has 15 heavy (non-hydrogen) atoms. The van der Waals surface area contributed by atoms with Crippen molar-refractivity contribution < 1.29 is 4.79 Å². The molecule has 2 atom stereocenters. The van der Waals surface area contributed by atoms with E-state index in [2.05, 4.69) is 29.5 Å². The number of nitrogens with one attached hydrogen (secondary N) is 1. The summed E-state index contributed by atoms with van der Waals surface area (Å²) in [5.41, 5.74) is 1.51. The monoisotopic (exact) mass is 221 g/mol. The largest absolute Gasteiger partial charge is 0.406 e. The van der Waals surface area contributed by atoms with Crippen LogP contribution in [-0.2, 0) is 11.2 Å². The van der Waals surface area contributed by atoms with Gasteiger partial charge in [-0.05, 0) is 25.1 Å². The van der Waals surface area contributed by atoms with Gasteiger partial charge >= 0.3 is 0 Å². The molecule has 0 aliphatic rings. The van der Waals surface area contributed by atoms with Gasteiger partial charge in [0.15, 0.2) is 0 Å². The molecule has 4 heteroatoms. The molecule has 0 spiro atoms. The fourth-order valence-corrected chi connectivity index (χ4v) is 2.58. The molecule has 2 unspecified atom stereocenters. The number of hydrogen-bond acceptors (Lipinski definition) is 1. The van der Waals surface area contributed by atoms with Gasteiger partial charge in [0.1, 0.15) is 0 Å². The maximum absolute atomic E-state index is 11.2. The lowest BCUT2D eigenvalue weighted by Crippen LogP contribution is -2.28. The van der Waals surface area contributed by atoms with Crippen LogP contribution < -0.4 is 5.23 Å². The van der Waals surface area contributed by atoms with Gasteiger partial charge < -0.3 is 5.23 Å². The Kier molecular flexibility index (Phi) is 5.42. The Morgan fingerprint density at radius 2 is 2.13 bits per heavy atom. The first-order valence-electron chi connectivity index (χ1n) is 5.23. The van der Waals surface area contributed by atoms with Crippen LogP contribution in [0.5, 0.6) is 0 Å². The van der Waals surface area contributed by atoms with Gasteiger partial charge in [-0.1, -0.05) is 30.3 Å². The van der Waals surface area contributed by atoms with Crippen LogP contribution in [0.1, 0.15) is 12.5 Å². The third-order valence-electron chi connectivity index (χ3n) is 2.35. The standard InChI is InChI=1S/C11H17BNOP/c1-9(11(14)13-12)15-8-7-10-5-3-2-4-6-10/h2-6,9,15H,7-8,12H2,1H3,(H,13,14). The van der Waals surface area contributed by atoms with Crippen molar-refractivity contribution >= 4 is 22.5 Å². The molecule has 1 aromatic rings. The van der Waals surface area contributed by atoms with Gasteiger partial charge in [-0.25, -0.2) is 0 Å². The molecule has 0 aliphatic carbocycles. The van der Waals surface area contributed by atoms with Gasteiger partial charge in [-0.2, -0.15) is 0 Å². The van der Waals surface area contributed by atoms with Crippen molar-refractivity contribution in [3.05, 3.63) is 35.9 Å². The minimum absolute atomic E-state index is 0.152. The van der Waals surface area contributed by atoms with E-state index < -0.39 is 0 Å². The van der Waals surface area contributed by atoms with Gasteiger partial charge in [0, 0.05) is 0 Å². The third-order valence-corrected chi connectivity index (χ3v) is 3.76.